The van der Waals surface area contributed by atoms with Gasteiger partial charge in [-0.15, -0.1) is 5.10 Å². The van der Waals surface area contributed by atoms with Gasteiger partial charge in [0.25, 0.3) is 0 Å². The van der Waals surface area contributed by atoms with Crippen LogP contribution in [0.5, 0.6) is 0 Å². The molecular weight excluding hydrogens is 422 g/mol. The molecule has 1 fully saturated rings. The van der Waals surface area contributed by atoms with Gasteiger partial charge >= 0.3 is 23.8 Å². The van der Waals surface area contributed by atoms with Crippen LogP contribution in [0.2, 0.25) is 0 Å². The van der Waals surface area contributed by atoms with Gasteiger partial charge < -0.3 is 20.2 Å². The highest BCUT2D eigenvalue weighted by atomic mass is 16.4. The zero-order valence-electron chi connectivity index (χ0n) is 17.8. The van der Waals surface area contributed by atoms with E-state index in [0.717, 1.165) is 25.7 Å². The Morgan fingerprint density at radius 3 is 2.30 bits per heavy atom. The van der Waals surface area contributed by atoms with E-state index in [4.69, 9.17) is 14.8 Å². The maximum atomic E-state index is 12.5. The van der Waals surface area contributed by atoms with Gasteiger partial charge in [0.05, 0.1) is 11.6 Å². The van der Waals surface area contributed by atoms with Crippen LogP contribution in [0, 0.1) is 17.2 Å². The lowest BCUT2D eigenvalue weighted by molar-refractivity contribution is -0.138. The first kappa shape index (κ1) is 22.0. The Labute approximate surface area is 190 Å². The Morgan fingerprint density at radius 2 is 1.67 bits per heavy atom. The number of carboxylic acids is 1. The molecule has 168 valence electrons. The summed E-state index contributed by atoms with van der Waals surface area (Å²) < 4.78 is 5.38. The number of aromatic nitrogens is 2. The van der Waals surface area contributed by atoms with E-state index in [0.29, 0.717) is 22.9 Å². The van der Waals surface area contributed by atoms with Crippen LogP contribution in [0.4, 0.5) is 17.4 Å². The number of rotatable bonds is 7. The van der Waals surface area contributed by atoms with E-state index in [9.17, 15) is 9.59 Å². The molecule has 33 heavy (non-hydrogen) atoms. The fourth-order valence-corrected chi connectivity index (χ4v) is 4.09. The van der Waals surface area contributed by atoms with Crippen LogP contribution in [0.25, 0.3) is 0 Å². The number of benzene rings is 2. The average molecular weight is 445 g/mol. The number of carbonyl (C=O) groups is 2. The van der Waals surface area contributed by atoms with Crippen LogP contribution >= 0.6 is 0 Å². The molecule has 0 aliphatic heterocycles. The lowest BCUT2D eigenvalue weighted by Gasteiger charge is -2.28. The third-order valence-electron chi connectivity index (χ3n) is 5.83. The van der Waals surface area contributed by atoms with Crippen LogP contribution in [0.1, 0.15) is 59.8 Å². The predicted molar refractivity (Wildman–Crippen MR) is 120 cm³/mol. The van der Waals surface area contributed by atoms with Crippen molar-refractivity contribution in [2.45, 2.75) is 38.0 Å². The van der Waals surface area contributed by atoms with Gasteiger partial charge in [-0.2, -0.15) is 5.26 Å². The fourth-order valence-electron chi connectivity index (χ4n) is 4.09. The standard InChI is InChI=1S/C24H23N5O4/c25-14-16-3-9-20(10-4-16)27-24-29-28-23(33-24)22(32)26-19-11-7-18(8-12-19)17-5-1-15(2-6-17)13-21(30)31/h3-4,7-12,15,17H,1-2,5-6,13H2,(H,26,32)(H,27,29)(H,30,31)/t15-,17-. The topological polar surface area (TPSA) is 141 Å². The Hall–Kier alpha value is -4.19. The average Bonchev–Trinajstić information content (AvgIpc) is 3.29. The Kier molecular flexibility index (Phi) is 6.64. The van der Waals surface area contributed by atoms with Gasteiger partial charge in [0.15, 0.2) is 0 Å². The number of hydrogen-bond donors (Lipinski definition) is 3. The van der Waals surface area contributed by atoms with Gasteiger partial charge in [-0.25, -0.2) is 0 Å². The van der Waals surface area contributed by atoms with Crippen molar-refractivity contribution in [3.05, 3.63) is 65.5 Å². The second kappa shape index (κ2) is 9.96. The summed E-state index contributed by atoms with van der Waals surface area (Å²) in [5, 5.41) is 31.0. The highest BCUT2D eigenvalue weighted by Crippen LogP contribution is 2.37. The summed E-state index contributed by atoms with van der Waals surface area (Å²) in [4.78, 5) is 23.3. The third kappa shape index (κ3) is 5.74. The summed E-state index contributed by atoms with van der Waals surface area (Å²) in [7, 11) is 0. The SMILES string of the molecule is N#Cc1ccc(Nc2nnc(C(=O)Nc3ccc([C@H]4CC[C@H](CC(=O)O)CC4)cc3)o2)cc1. The number of nitrogens with zero attached hydrogens (tertiary/aromatic N) is 3. The number of carboxylic acid groups (broad SMARTS) is 1. The van der Waals surface area contributed by atoms with Crippen molar-refractivity contribution in [2.75, 3.05) is 10.6 Å². The number of amides is 1. The molecule has 0 spiro atoms. The molecule has 9 heteroatoms. The quantitative estimate of drug-likeness (QED) is 0.476. The van der Waals surface area contributed by atoms with Crippen molar-refractivity contribution < 1.29 is 19.1 Å². The molecule has 1 aromatic heterocycles. The van der Waals surface area contributed by atoms with E-state index in [1.807, 2.05) is 30.3 Å². The first-order chi connectivity index (χ1) is 16.0. The molecule has 0 unspecified atom stereocenters. The monoisotopic (exact) mass is 445 g/mol. The summed E-state index contributed by atoms with van der Waals surface area (Å²) in [6.45, 7) is 0. The van der Waals surface area contributed by atoms with Gasteiger partial charge in [0, 0.05) is 17.8 Å². The van der Waals surface area contributed by atoms with Crippen molar-refractivity contribution in [1.29, 1.82) is 5.26 Å². The van der Waals surface area contributed by atoms with E-state index in [-0.39, 0.29) is 24.2 Å². The maximum Gasteiger partial charge on any atom is 0.320 e. The van der Waals surface area contributed by atoms with Crippen LogP contribution in [0.15, 0.2) is 52.9 Å². The van der Waals surface area contributed by atoms with E-state index < -0.39 is 11.9 Å². The van der Waals surface area contributed by atoms with E-state index in [2.05, 4.69) is 20.8 Å². The molecule has 0 atom stereocenters. The Morgan fingerprint density at radius 1 is 1.00 bits per heavy atom. The molecule has 1 aliphatic carbocycles. The minimum absolute atomic E-state index is 0.0682. The van der Waals surface area contributed by atoms with Crippen molar-refractivity contribution in [2.24, 2.45) is 5.92 Å². The number of nitrogens with one attached hydrogen (secondary N) is 2. The van der Waals surface area contributed by atoms with Crippen LogP contribution in [-0.2, 0) is 4.79 Å². The minimum atomic E-state index is -0.725. The zero-order valence-corrected chi connectivity index (χ0v) is 17.8. The predicted octanol–water partition coefficient (Wildman–Crippen LogP) is 4.69. The normalized spacial score (nSPS) is 17.7. The number of aliphatic carboxylic acids is 1. The molecule has 0 saturated heterocycles. The summed E-state index contributed by atoms with van der Waals surface area (Å²) in [6, 6.07) is 16.5. The van der Waals surface area contributed by atoms with Crippen molar-refractivity contribution >= 4 is 29.3 Å². The fraction of sp³-hybridized carbons (Fsp3) is 0.292. The molecule has 1 amide bonds. The van der Waals surface area contributed by atoms with E-state index >= 15 is 0 Å². The van der Waals surface area contributed by atoms with Crippen LogP contribution in [0.3, 0.4) is 0 Å². The number of nitriles is 1. The summed E-state index contributed by atoms with van der Waals surface area (Å²) in [6.07, 6.45) is 4.04. The maximum absolute atomic E-state index is 12.5. The van der Waals surface area contributed by atoms with Gasteiger partial charge in [0.1, 0.15) is 0 Å². The Balaban J connectivity index is 1.31. The molecule has 4 rings (SSSR count). The van der Waals surface area contributed by atoms with Crippen LogP contribution < -0.4 is 10.6 Å². The largest absolute Gasteiger partial charge is 0.481 e. The van der Waals surface area contributed by atoms with E-state index in [1.165, 1.54) is 5.56 Å². The molecular formula is C24H23N5O4. The smallest absolute Gasteiger partial charge is 0.320 e. The number of hydrogen-bond acceptors (Lipinski definition) is 7. The van der Waals surface area contributed by atoms with Gasteiger partial charge in [0.2, 0.25) is 0 Å². The summed E-state index contributed by atoms with van der Waals surface area (Å²) >= 11 is 0. The molecule has 9 nitrogen and oxygen atoms in total. The number of carbonyl (C=O) groups excluding carboxylic acids is 1. The van der Waals surface area contributed by atoms with Gasteiger partial charge in [-0.05, 0) is 79.5 Å². The van der Waals surface area contributed by atoms with Gasteiger partial charge in [-0.1, -0.05) is 17.2 Å². The Bertz CT molecular complexity index is 1160. The van der Waals surface area contributed by atoms with Crippen molar-refractivity contribution in [3.8, 4) is 6.07 Å². The molecule has 1 heterocycles. The lowest BCUT2D eigenvalue weighted by Crippen LogP contribution is -2.16. The highest BCUT2D eigenvalue weighted by Gasteiger charge is 2.24. The molecule has 0 bridgehead atoms. The molecule has 0 radical (unpaired) electrons. The van der Waals surface area contributed by atoms with E-state index in [1.54, 1.807) is 24.3 Å². The molecule has 3 aromatic rings. The summed E-state index contributed by atoms with van der Waals surface area (Å²) in [5.74, 6) is -0.740. The van der Waals surface area contributed by atoms with Crippen molar-refractivity contribution in [3.63, 3.8) is 0 Å². The first-order valence-electron chi connectivity index (χ1n) is 10.7. The number of anilines is 3. The van der Waals surface area contributed by atoms with Crippen LogP contribution in [-0.4, -0.2) is 27.2 Å². The van der Waals surface area contributed by atoms with Crippen molar-refractivity contribution in [1.82, 2.24) is 10.2 Å². The summed E-state index contributed by atoms with van der Waals surface area (Å²) in [5.41, 5.74) is 2.98. The first-order valence-corrected chi connectivity index (χ1v) is 10.7. The highest BCUT2D eigenvalue weighted by molar-refractivity contribution is 6.00. The molecule has 1 aliphatic rings. The second-order valence-electron chi connectivity index (χ2n) is 8.12. The zero-order chi connectivity index (χ0) is 23.2. The third-order valence-corrected chi connectivity index (χ3v) is 5.83. The second-order valence-corrected chi connectivity index (χ2v) is 8.12. The molecule has 1 saturated carbocycles. The molecule has 2 aromatic carbocycles. The lowest BCUT2D eigenvalue weighted by atomic mass is 9.77. The minimum Gasteiger partial charge on any atom is -0.481 e. The van der Waals surface area contributed by atoms with Gasteiger partial charge in [-0.3, -0.25) is 9.59 Å². The molecule has 3 N–H and O–H groups in total.